The number of likely N-dealkylation sites (N-methyl/N-ethyl adjacent to an activating group) is 1. The van der Waals surface area contributed by atoms with E-state index in [9.17, 15) is 4.39 Å². The van der Waals surface area contributed by atoms with Crippen LogP contribution in [0.15, 0.2) is 24.3 Å². The van der Waals surface area contributed by atoms with Gasteiger partial charge in [-0.25, -0.2) is 4.39 Å². The van der Waals surface area contributed by atoms with E-state index in [0.717, 1.165) is 18.0 Å². The van der Waals surface area contributed by atoms with Crippen molar-refractivity contribution in [1.29, 1.82) is 0 Å². The molecule has 20 heavy (non-hydrogen) atoms. The quantitative estimate of drug-likeness (QED) is 0.892. The fraction of sp³-hybridized carbons (Fsp3) is 0.647. The Morgan fingerprint density at radius 1 is 1.25 bits per heavy atom. The predicted octanol–water partition coefficient (Wildman–Crippen LogP) is 3.56. The third-order valence-electron chi connectivity index (χ3n) is 5.14. The Balaban J connectivity index is 2.02. The molecule has 0 atom stereocenters. The summed E-state index contributed by atoms with van der Waals surface area (Å²) >= 11 is 0. The average molecular weight is 278 g/mol. The first-order valence-electron chi connectivity index (χ1n) is 7.75. The molecule has 2 rings (SSSR count). The molecule has 2 N–H and O–H groups in total. The van der Waals surface area contributed by atoms with Crippen LogP contribution in [0.3, 0.4) is 0 Å². The summed E-state index contributed by atoms with van der Waals surface area (Å²) in [7, 11) is 2.16. The monoisotopic (exact) mass is 278 g/mol. The third kappa shape index (κ3) is 3.39. The second-order valence-electron chi connectivity index (χ2n) is 6.26. The summed E-state index contributed by atoms with van der Waals surface area (Å²) in [6, 6.07) is 6.81. The van der Waals surface area contributed by atoms with Crippen molar-refractivity contribution in [3.05, 3.63) is 35.6 Å². The molecule has 0 aromatic heterocycles. The van der Waals surface area contributed by atoms with E-state index in [0.29, 0.717) is 6.54 Å². The molecule has 1 aromatic carbocycles. The van der Waals surface area contributed by atoms with Gasteiger partial charge in [0.2, 0.25) is 0 Å². The Hall–Kier alpha value is -0.930. The lowest BCUT2D eigenvalue weighted by molar-refractivity contribution is 0.0579. The van der Waals surface area contributed by atoms with E-state index < -0.39 is 0 Å². The van der Waals surface area contributed by atoms with Gasteiger partial charge in [0.05, 0.1) is 0 Å². The van der Waals surface area contributed by atoms with Crippen LogP contribution in [0.25, 0.3) is 0 Å². The minimum Gasteiger partial charge on any atom is -0.329 e. The first-order valence-corrected chi connectivity index (χ1v) is 7.75. The topological polar surface area (TPSA) is 29.3 Å². The van der Waals surface area contributed by atoms with Crippen LogP contribution in [0, 0.1) is 11.7 Å². The summed E-state index contributed by atoms with van der Waals surface area (Å²) in [4.78, 5) is 2.38. The lowest BCUT2D eigenvalue weighted by Gasteiger charge is -2.46. The van der Waals surface area contributed by atoms with Gasteiger partial charge in [0.25, 0.3) is 0 Å². The van der Waals surface area contributed by atoms with Crippen molar-refractivity contribution >= 4 is 0 Å². The molecule has 1 aliphatic carbocycles. The first kappa shape index (κ1) is 15.5. The Kier molecular flexibility index (Phi) is 5.17. The van der Waals surface area contributed by atoms with Gasteiger partial charge in [0.15, 0.2) is 0 Å². The van der Waals surface area contributed by atoms with Gasteiger partial charge >= 0.3 is 0 Å². The molecule has 0 spiro atoms. The van der Waals surface area contributed by atoms with Crippen LogP contribution in [0.4, 0.5) is 4.39 Å². The SMILES string of the molecule is CCC1CCC(CN)(N(C)Cc2ccc(F)cc2)CC1. The molecule has 3 heteroatoms. The zero-order chi connectivity index (χ0) is 14.6. The molecule has 1 fully saturated rings. The molecule has 0 saturated heterocycles. The molecule has 1 aliphatic rings. The minimum absolute atomic E-state index is 0.125. The Labute approximate surface area is 122 Å². The Morgan fingerprint density at radius 3 is 2.35 bits per heavy atom. The maximum absolute atomic E-state index is 13.0. The highest BCUT2D eigenvalue weighted by Crippen LogP contribution is 2.37. The highest BCUT2D eigenvalue weighted by molar-refractivity contribution is 5.16. The van der Waals surface area contributed by atoms with E-state index in [2.05, 4.69) is 18.9 Å². The lowest BCUT2D eigenvalue weighted by Crippen LogP contribution is -2.53. The minimum atomic E-state index is -0.173. The van der Waals surface area contributed by atoms with E-state index in [-0.39, 0.29) is 11.4 Å². The molecule has 0 unspecified atom stereocenters. The normalized spacial score (nSPS) is 26.9. The molecule has 0 heterocycles. The Bertz CT molecular complexity index is 408. The van der Waals surface area contributed by atoms with E-state index in [1.54, 1.807) is 0 Å². The fourth-order valence-corrected chi connectivity index (χ4v) is 3.40. The van der Waals surface area contributed by atoms with Gasteiger partial charge < -0.3 is 5.73 Å². The van der Waals surface area contributed by atoms with Crippen molar-refractivity contribution in [3.63, 3.8) is 0 Å². The standard InChI is InChI=1S/C17H27FN2/c1-3-14-8-10-17(13-19,11-9-14)20(2)12-15-4-6-16(18)7-5-15/h4-7,14H,3,8-13,19H2,1-2H3. The third-order valence-corrected chi connectivity index (χ3v) is 5.14. The molecule has 0 amide bonds. The van der Waals surface area contributed by atoms with E-state index in [1.165, 1.54) is 44.2 Å². The van der Waals surface area contributed by atoms with Crippen LogP contribution in [-0.2, 0) is 6.54 Å². The summed E-state index contributed by atoms with van der Waals surface area (Å²) in [5, 5.41) is 0. The van der Waals surface area contributed by atoms with Crippen molar-refractivity contribution in [1.82, 2.24) is 4.90 Å². The molecule has 1 aromatic rings. The zero-order valence-corrected chi connectivity index (χ0v) is 12.7. The van der Waals surface area contributed by atoms with Crippen LogP contribution in [-0.4, -0.2) is 24.0 Å². The summed E-state index contributed by atoms with van der Waals surface area (Å²) in [6.45, 7) is 3.83. The molecule has 112 valence electrons. The smallest absolute Gasteiger partial charge is 0.123 e. The molecule has 0 radical (unpaired) electrons. The summed E-state index contributed by atoms with van der Waals surface area (Å²) in [5.74, 6) is 0.697. The summed E-state index contributed by atoms with van der Waals surface area (Å²) < 4.78 is 13.0. The van der Waals surface area contributed by atoms with Gasteiger partial charge in [0.1, 0.15) is 5.82 Å². The second-order valence-corrected chi connectivity index (χ2v) is 6.26. The van der Waals surface area contributed by atoms with Crippen molar-refractivity contribution in [2.24, 2.45) is 11.7 Å². The molecule has 0 aliphatic heterocycles. The van der Waals surface area contributed by atoms with Crippen LogP contribution in [0.5, 0.6) is 0 Å². The second kappa shape index (κ2) is 6.68. The van der Waals surface area contributed by atoms with Crippen LogP contribution in [0.2, 0.25) is 0 Å². The van der Waals surface area contributed by atoms with Crippen LogP contribution < -0.4 is 5.73 Å². The van der Waals surface area contributed by atoms with Gasteiger partial charge in [-0.15, -0.1) is 0 Å². The maximum Gasteiger partial charge on any atom is 0.123 e. The van der Waals surface area contributed by atoms with Crippen molar-refractivity contribution in [2.45, 2.75) is 51.1 Å². The number of nitrogens with two attached hydrogens (primary N) is 1. The number of rotatable bonds is 5. The van der Waals surface area contributed by atoms with E-state index in [1.807, 2.05) is 12.1 Å². The van der Waals surface area contributed by atoms with Crippen molar-refractivity contribution in [3.8, 4) is 0 Å². The number of nitrogens with zero attached hydrogens (tertiary/aromatic N) is 1. The van der Waals surface area contributed by atoms with Crippen molar-refractivity contribution in [2.75, 3.05) is 13.6 Å². The number of benzene rings is 1. The zero-order valence-electron chi connectivity index (χ0n) is 12.7. The lowest BCUT2D eigenvalue weighted by atomic mass is 9.74. The molecular weight excluding hydrogens is 251 g/mol. The highest BCUT2D eigenvalue weighted by atomic mass is 19.1. The predicted molar refractivity (Wildman–Crippen MR) is 81.9 cm³/mol. The Morgan fingerprint density at radius 2 is 1.85 bits per heavy atom. The molecule has 0 bridgehead atoms. The van der Waals surface area contributed by atoms with Gasteiger partial charge in [0, 0.05) is 18.6 Å². The average Bonchev–Trinajstić information content (AvgIpc) is 2.49. The van der Waals surface area contributed by atoms with Gasteiger partial charge in [-0.2, -0.15) is 0 Å². The molecule has 1 saturated carbocycles. The molecular formula is C17H27FN2. The number of hydrogen-bond donors (Lipinski definition) is 1. The fourth-order valence-electron chi connectivity index (χ4n) is 3.40. The van der Waals surface area contributed by atoms with Crippen molar-refractivity contribution < 1.29 is 4.39 Å². The summed E-state index contributed by atoms with van der Waals surface area (Å²) in [6.07, 6.45) is 6.20. The number of halogens is 1. The number of hydrogen-bond acceptors (Lipinski definition) is 2. The van der Waals surface area contributed by atoms with Gasteiger partial charge in [-0.1, -0.05) is 25.5 Å². The van der Waals surface area contributed by atoms with Gasteiger partial charge in [-0.3, -0.25) is 4.90 Å². The first-order chi connectivity index (χ1) is 9.59. The van der Waals surface area contributed by atoms with Crippen LogP contribution in [0.1, 0.15) is 44.6 Å². The maximum atomic E-state index is 13.0. The summed E-state index contributed by atoms with van der Waals surface area (Å²) in [5.41, 5.74) is 7.38. The largest absolute Gasteiger partial charge is 0.329 e. The molecule has 2 nitrogen and oxygen atoms in total. The van der Waals surface area contributed by atoms with Gasteiger partial charge in [-0.05, 0) is 56.3 Å². The van der Waals surface area contributed by atoms with Crippen LogP contribution >= 0.6 is 0 Å². The highest BCUT2D eigenvalue weighted by Gasteiger charge is 2.36. The van der Waals surface area contributed by atoms with E-state index in [4.69, 9.17) is 5.73 Å². The van der Waals surface area contributed by atoms with E-state index >= 15 is 0 Å².